The number of tetrazole rings is 1. The van der Waals surface area contributed by atoms with Crippen molar-refractivity contribution in [2.24, 2.45) is 0 Å². The van der Waals surface area contributed by atoms with Gasteiger partial charge < -0.3 is 5.73 Å². The molecule has 0 aliphatic carbocycles. The molecule has 19 heavy (non-hydrogen) atoms. The second-order valence-electron chi connectivity index (χ2n) is 4.04. The highest BCUT2D eigenvalue weighted by atomic mass is 15.5. The zero-order valence-electron chi connectivity index (χ0n) is 10.2. The lowest BCUT2D eigenvalue weighted by Crippen LogP contribution is -2.00. The standard InChI is InChI=1S/C12H11N7/c1-7-4-2-3-5-8(7)9-6-14-11(13)10(15-9)12-16-18-19-17-12/h2-6H,1H3,(H2,13,14)(H,16,17,18,19). The van der Waals surface area contributed by atoms with Crippen molar-refractivity contribution in [2.45, 2.75) is 6.92 Å². The molecular weight excluding hydrogens is 242 g/mol. The minimum Gasteiger partial charge on any atom is -0.382 e. The highest BCUT2D eigenvalue weighted by molar-refractivity contribution is 5.69. The summed E-state index contributed by atoms with van der Waals surface area (Å²) in [6.45, 7) is 2.02. The van der Waals surface area contributed by atoms with Crippen LogP contribution in [0.1, 0.15) is 5.56 Å². The van der Waals surface area contributed by atoms with Gasteiger partial charge >= 0.3 is 0 Å². The van der Waals surface area contributed by atoms with Gasteiger partial charge in [0.2, 0.25) is 5.82 Å². The summed E-state index contributed by atoms with van der Waals surface area (Å²) < 4.78 is 0. The SMILES string of the molecule is Cc1ccccc1-c1cnc(N)c(-c2nn[nH]n2)n1. The Morgan fingerprint density at radius 1 is 1.21 bits per heavy atom. The van der Waals surface area contributed by atoms with Crippen LogP contribution in [0.2, 0.25) is 0 Å². The molecule has 7 heteroatoms. The summed E-state index contributed by atoms with van der Waals surface area (Å²) >= 11 is 0. The average Bonchev–Trinajstić information content (AvgIpc) is 2.94. The minimum atomic E-state index is 0.277. The number of aryl methyl sites for hydroxylation is 1. The molecule has 0 unspecified atom stereocenters. The predicted octanol–water partition coefficient (Wildman–Crippen LogP) is 1.21. The third kappa shape index (κ3) is 2.01. The topological polar surface area (TPSA) is 106 Å². The summed E-state index contributed by atoms with van der Waals surface area (Å²) in [5, 5.41) is 13.6. The fraction of sp³-hybridized carbons (Fsp3) is 0.0833. The van der Waals surface area contributed by atoms with E-state index in [-0.39, 0.29) is 5.82 Å². The molecule has 0 spiro atoms. The molecule has 3 aromatic rings. The van der Waals surface area contributed by atoms with Gasteiger partial charge in [-0.1, -0.05) is 24.3 Å². The lowest BCUT2D eigenvalue weighted by molar-refractivity contribution is 0.881. The van der Waals surface area contributed by atoms with E-state index in [4.69, 9.17) is 5.73 Å². The summed E-state index contributed by atoms with van der Waals surface area (Å²) in [4.78, 5) is 8.62. The first-order valence-electron chi connectivity index (χ1n) is 5.68. The molecule has 3 rings (SSSR count). The molecule has 0 aliphatic rings. The maximum atomic E-state index is 5.80. The van der Waals surface area contributed by atoms with Crippen LogP contribution in [0, 0.1) is 6.92 Å². The Kier molecular flexibility index (Phi) is 2.64. The van der Waals surface area contributed by atoms with Crippen molar-refractivity contribution in [1.82, 2.24) is 30.6 Å². The molecule has 0 radical (unpaired) electrons. The number of H-pyrrole nitrogens is 1. The van der Waals surface area contributed by atoms with Gasteiger partial charge in [-0.25, -0.2) is 9.97 Å². The maximum absolute atomic E-state index is 5.80. The zero-order valence-corrected chi connectivity index (χ0v) is 10.2. The second-order valence-corrected chi connectivity index (χ2v) is 4.04. The fourth-order valence-corrected chi connectivity index (χ4v) is 1.82. The second kappa shape index (κ2) is 4.45. The van der Waals surface area contributed by atoms with E-state index in [2.05, 4.69) is 30.6 Å². The Morgan fingerprint density at radius 2 is 2.05 bits per heavy atom. The number of aromatic amines is 1. The van der Waals surface area contributed by atoms with Crippen molar-refractivity contribution in [3.63, 3.8) is 0 Å². The molecule has 2 heterocycles. The predicted molar refractivity (Wildman–Crippen MR) is 69.8 cm³/mol. The monoisotopic (exact) mass is 253 g/mol. The van der Waals surface area contributed by atoms with Crippen molar-refractivity contribution in [3.8, 4) is 22.8 Å². The van der Waals surface area contributed by atoms with Crippen LogP contribution < -0.4 is 5.73 Å². The number of benzene rings is 1. The number of nitrogens with one attached hydrogen (secondary N) is 1. The first-order valence-corrected chi connectivity index (χ1v) is 5.68. The number of aromatic nitrogens is 6. The van der Waals surface area contributed by atoms with Gasteiger partial charge in [-0.15, -0.1) is 10.2 Å². The molecule has 0 fully saturated rings. The van der Waals surface area contributed by atoms with Crippen LogP contribution in [0.15, 0.2) is 30.5 Å². The highest BCUT2D eigenvalue weighted by Crippen LogP contribution is 2.24. The maximum Gasteiger partial charge on any atom is 0.226 e. The summed E-state index contributed by atoms with van der Waals surface area (Å²) in [6.07, 6.45) is 1.64. The fourth-order valence-electron chi connectivity index (χ4n) is 1.82. The smallest absolute Gasteiger partial charge is 0.226 e. The number of nitrogens with zero attached hydrogens (tertiary/aromatic N) is 5. The van der Waals surface area contributed by atoms with Crippen LogP contribution in [0.4, 0.5) is 5.82 Å². The minimum absolute atomic E-state index is 0.277. The van der Waals surface area contributed by atoms with E-state index in [9.17, 15) is 0 Å². The van der Waals surface area contributed by atoms with E-state index in [1.807, 2.05) is 31.2 Å². The van der Waals surface area contributed by atoms with Gasteiger partial charge in [0.1, 0.15) is 0 Å². The van der Waals surface area contributed by atoms with Crippen molar-refractivity contribution in [1.29, 1.82) is 0 Å². The van der Waals surface area contributed by atoms with Gasteiger partial charge in [0, 0.05) is 5.56 Å². The largest absolute Gasteiger partial charge is 0.382 e. The molecule has 2 aromatic heterocycles. The lowest BCUT2D eigenvalue weighted by atomic mass is 10.1. The zero-order chi connectivity index (χ0) is 13.2. The van der Waals surface area contributed by atoms with E-state index in [1.54, 1.807) is 6.20 Å². The Hall–Kier alpha value is -2.83. The third-order valence-corrected chi connectivity index (χ3v) is 2.78. The third-order valence-electron chi connectivity index (χ3n) is 2.78. The van der Waals surface area contributed by atoms with E-state index < -0.39 is 0 Å². The van der Waals surface area contributed by atoms with Crippen LogP contribution in [-0.2, 0) is 0 Å². The number of nitrogens with two attached hydrogens (primary N) is 1. The molecule has 0 atom stereocenters. The van der Waals surface area contributed by atoms with E-state index >= 15 is 0 Å². The number of anilines is 1. The van der Waals surface area contributed by atoms with Crippen molar-refractivity contribution >= 4 is 5.82 Å². The molecule has 94 valence electrons. The van der Waals surface area contributed by atoms with Crippen LogP contribution >= 0.6 is 0 Å². The Balaban J connectivity index is 2.15. The van der Waals surface area contributed by atoms with Gasteiger partial charge in [-0.05, 0) is 17.7 Å². The summed E-state index contributed by atoms with van der Waals surface area (Å²) in [7, 11) is 0. The first-order chi connectivity index (χ1) is 9.25. The number of nitrogen functional groups attached to an aromatic ring is 1. The van der Waals surface area contributed by atoms with E-state index in [0.29, 0.717) is 11.5 Å². The molecule has 7 nitrogen and oxygen atoms in total. The van der Waals surface area contributed by atoms with Gasteiger partial charge in [0.25, 0.3) is 0 Å². The van der Waals surface area contributed by atoms with Gasteiger partial charge in [-0.3, -0.25) is 0 Å². The van der Waals surface area contributed by atoms with Gasteiger partial charge in [0.05, 0.1) is 11.9 Å². The van der Waals surface area contributed by atoms with E-state index in [1.165, 1.54) is 0 Å². The molecule has 1 aromatic carbocycles. The molecule has 0 saturated heterocycles. The Bertz CT molecular complexity index is 706. The van der Waals surface area contributed by atoms with Crippen LogP contribution in [0.3, 0.4) is 0 Å². The number of hydrogen-bond acceptors (Lipinski definition) is 6. The lowest BCUT2D eigenvalue weighted by Gasteiger charge is -2.06. The molecular formula is C12H11N7. The first kappa shape index (κ1) is 11.3. The van der Waals surface area contributed by atoms with Gasteiger partial charge in [-0.2, -0.15) is 5.21 Å². The van der Waals surface area contributed by atoms with Crippen LogP contribution in [0.5, 0.6) is 0 Å². The van der Waals surface area contributed by atoms with Gasteiger partial charge in [0.15, 0.2) is 11.5 Å². The van der Waals surface area contributed by atoms with E-state index in [0.717, 1.165) is 16.8 Å². The highest BCUT2D eigenvalue weighted by Gasteiger charge is 2.13. The van der Waals surface area contributed by atoms with Crippen LogP contribution in [-0.4, -0.2) is 30.6 Å². The summed E-state index contributed by atoms with van der Waals surface area (Å²) in [5.41, 5.74) is 9.07. The molecule has 0 saturated carbocycles. The quantitative estimate of drug-likeness (QED) is 0.711. The van der Waals surface area contributed by atoms with Crippen molar-refractivity contribution in [3.05, 3.63) is 36.0 Å². The summed E-state index contributed by atoms with van der Waals surface area (Å²) in [5.74, 6) is 0.610. The summed E-state index contributed by atoms with van der Waals surface area (Å²) in [6, 6.07) is 7.93. The molecule has 0 bridgehead atoms. The van der Waals surface area contributed by atoms with Crippen molar-refractivity contribution < 1.29 is 0 Å². The number of rotatable bonds is 2. The molecule has 0 aliphatic heterocycles. The molecule has 3 N–H and O–H groups in total. The number of hydrogen-bond donors (Lipinski definition) is 2. The Labute approximate surface area is 108 Å². The Morgan fingerprint density at radius 3 is 2.79 bits per heavy atom. The normalized spacial score (nSPS) is 10.6. The van der Waals surface area contributed by atoms with Crippen molar-refractivity contribution in [2.75, 3.05) is 5.73 Å². The average molecular weight is 253 g/mol. The molecule has 0 amide bonds. The van der Waals surface area contributed by atoms with Crippen LogP contribution in [0.25, 0.3) is 22.8 Å².